The van der Waals surface area contributed by atoms with Crippen molar-refractivity contribution in [2.24, 2.45) is 0 Å². The van der Waals surface area contributed by atoms with Crippen molar-refractivity contribution in [3.8, 4) is 5.88 Å². The fourth-order valence-corrected chi connectivity index (χ4v) is 0.932. The molecule has 0 spiro atoms. The molecule has 4 nitrogen and oxygen atoms in total. The van der Waals surface area contributed by atoms with Gasteiger partial charge in [-0.3, -0.25) is 0 Å². The molecule has 0 amide bonds. The lowest BCUT2D eigenvalue weighted by Gasteiger charge is -1.85. The Balaban J connectivity index is 2.51. The van der Waals surface area contributed by atoms with E-state index in [2.05, 4.69) is 5.10 Å². The molecule has 48 valence electrons. The fraction of sp³-hybridized carbons (Fsp3) is 0.400. The summed E-state index contributed by atoms with van der Waals surface area (Å²) in [4.78, 5) is 0. The average Bonchev–Trinajstić information content (AvgIpc) is 2.22. The maximum absolute atomic E-state index is 5.38. The summed E-state index contributed by atoms with van der Waals surface area (Å²) in [5, 5.41) is 3.96. The molecule has 0 atom stereocenters. The van der Waals surface area contributed by atoms with Crippen LogP contribution in [-0.4, -0.2) is 16.4 Å². The first-order valence-electron chi connectivity index (χ1n) is 2.82. The van der Waals surface area contributed by atoms with Crippen LogP contribution >= 0.6 is 0 Å². The van der Waals surface area contributed by atoms with Gasteiger partial charge in [0.05, 0.1) is 6.54 Å². The van der Waals surface area contributed by atoms with Gasteiger partial charge in [-0.1, -0.05) is 0 Å². The standard InChI is InChI=1S/C5H7N3O/c6-4-3-5-8(7-4)1-2-9-5/h3H,1-2H2,(H2,6,7). The van der Waals surface area contributed by atoms with Gasteiger partial charge in [0.15, 0.2) is 0 Å². The van der Waals surface area contributed by atoms with Gasteiger partial charge in [-0.05, 0) is 0 Å². The summed E-state index contributed by atoms with van der Waals surface area (Å²) < 4.78 is 6.90. The second-order valence-electron chi connectivity index (χ2n) is 1.98. The van der Waals surface area contributed by atoms with Crippen LogP contribution in [0, 0.1) is 0 Å². The van der Waals surface area contributed by atoms with Gasteiger partial charge in [-0.25, -0.2) is 4.68 Å². The Morgan fingerprint density at radius 2 is 2.67 bits per heavy atom. The van der Waals surface area contributed by atoms with Crippen LogP contribution in [0.1, 0.15) is 0 Å². The van der Waals surface area contributed by atoms with E-state index in [0.29, 0.717) is 5.82 Å². The Morgan fingerprint density at radius 1 is 1.78 bits per heavy atom. The van der Waals surface area contributed by atoms with E-state index in [1.54, 1.807) is 10.7 Å². The van der Waals surface area contributed by atoms with Crippen molar-refractivity contribution >= 4 is 5.82 Å². The number of hydrogen-bond donors (Lipinski definition) is 1. The fourth-order valence-electron chi connectivity index (χ4n) is 0.932. The van der Waals surface area contributed by atoms with Crippen LogP contribution in [0.2, 0.25) is 0 Å². The van der Waals surface area contributed by atoms with Gasteiger partial charge in [0.2, 0.25) is 5.88 Å². The van der Waals surface area contributed by atoms with Crippen LogP contribution in [0.5, 0.6) is 5.88 Å². The number of nitrogens with zero attached hydrogens (tertiary/aromatic N) is 2. The van der Waals surface area contributed by atoms with Gasteiger partial charge < -0.3 is 10.5 Å². The summed E-state index contributed by atoms with van der Waals surface area (Å²) in [6.45, 7) is 1.55. The third kappa shape index (κ3) is 0.558. The maximum atomic E-state index is 5.38. The molecule has 2 N–H and O–H groups in total. The molecule has 1 aliphatic heterocycles. The van der Waals surface area contributed by atoms with Crippen molar-refractivity contribution in [1.29, 1.82) is 0 Å². The van der Waals surface area contributed by atoms with Crippen LogP contribution in [0.4, 0.5) is 5.82 Å². The van der Waals surface area contributed by atoms with E-state index in [-0.39, 0.29) is 0 Å². The quantitative estimate of drug-likeness (QED) is 0.525. The lowest BCUT2D eigenvalue weighted by molar-refractivity contribution is 0.357. The first kappa shape index (κ1) is 4.67. The van der Waals surface area contributed by atoms with Crippen molar-refractivity contribution in [2.45, 2.75) is 6.54 Å². The molecule has 2 heterocycles. The molecule has 1 aromatic heterocycles. The van der Waals surface area contributed by atoms with Gasteiger partial charge in [-0.2, -0.15) is 5.10 Å². The van der Waals surface area contributed by atoms with Crippen molar-refractivity contribution < 1.29 is 4.74 Å². The molecule has 0 saturated heterocycles. The van der Waals surface area contributed by atoms with E-state index in [9.17, 15) is 0 Å². The molecule has 4 heteroatoms. The second kappa shape index (κ2) is 1.40. The summed E-state index contributed by atoms with van der Waals surface area (Å²) in [5.41, 5.74) is 5.38. The van der Waals surface area contributed by atoms with E-state index in [4.69, 9.17) is 10.5 Å². The van der Waals surface area contributed by atoms with E-state index in [0.717, 1.165) is 19.0 Å². The van der Waals surface area contributed by atoms with Crippen LogP contribution in [0.3, 0.4) is 0 Å². The molecule has 0 aliphatic carbocycles. The number of hydrogen-bond acceptors (Lipinski definition) is 3. The van der Waals surface area contributed by atoms with Gasteiger partial charge >= 0.3 is 0 Å². The SMILES string of the molecule is Nc1cc2n(n1)CCO2. The summed E-state index contributed by atoms with van der Waals surface area (Å²) >= 11 is 0. The van der Waals surface area contributed by atoms with E-state index in [1.165, 1.54) is 0 Å². The minimum Gasteiger partial charge on any atom is -0.476 e. The lowest BCUT2D eigenvalue weighted by atomic mass is 10.6. The lowest BCUT2D eigenvalue weighted by Crippen LogP contribution is -1.97. The molecule has 1 aromatic rings. The van der Waals surface area contributed by atoms with Crippen molar-refractivity contribution in [1.82, 2.24) is 9.78 Å². The third-order valence-electron chi connectivity index (χ3n) is 1.31. The van der Waals surface area contributed by atoms with Crippen LogP contribution in [-0.2, 0) is 6.54 Å². The minimum absolute atomic E-state index is 0.532. The zero-order chi connectivity index (χ0) is 6.27. The van der Waals surface area contributed by atoms with Crippen LogP contribution in [0.15, 0.2) is 6.07 Å². The Kier molecular flexibility index (Phi) is 0.726. The monoisotopic (exact) mass is 125 g/mol. The molecule has 0 radical (unpaired) electrons. The third-order valence-corrected chi connectivity index (χ3v) is 1.31. The molecule has 0 bridgehead atoms. The molecule has 0 fully saturated rings. The highest BCUT2D eigenvalue weighted by Gasteiger charge is 2.12. The van der Waals surface area contributed by atoms with Crippen LogP contribution in [0.25, 0.3) is 0 Å². The van der Waals surface area contributed by atoms with Gasteiger partial charge in [0, 0.05) is 6.07 Å². The number of ether oxygens (including phenoxy) is 1. The Bertz CT molecular complexity index is 209. The number of aromatic nitrogens is 2. The van der Waals surface area contributed by atoms with E-state index >= 15 is 0 Å². The summed E-state index contributed by atoms with van der Waals surface area (Å²) in [7, 11) is 0. The Labute approximate surface area is 52.2 Å². The molecule has 9 heavy (non-hydrogen) atoms. The number of anilines is 1. The minimum atomic E-state index is 0.532. The smallest absolute Gasteiger partial charge is 0.214 e. The maximum Gasteiger partial charge on any atom is 0.214 e. The first-order valence-corrected chi connectivity index (χ1v) is 2.82. The zero-order valence-corrected chi connectivity index (χ0v) is 4.87. The zero-order valence-electron chi connectivity index (χ0n) is 4.87. The van der Waals surface area contributed by atoms with Crippen LogP contribution < -0.4 is 10.5 Å². The molecule has 0 saturated carbocycles. The van der Waals surface area contributed by atoms with E-state index in [1.807, 2.05) is 0 Å². The van der Waals surface area contributed by atoms with Crippen molar-refractivity contribution in [3.05, 3.63) is 6.07 Å². The Morgan fingerprint density at radius 3 is 3.44 bits per heavy atom. The first-order chi connectivity index (χ1) is 4.36. The molecule has 1 aliphatic rings. The molecular formula is C5H7N3O. The number of nitrogen functional groups attached to an aromatic ring is 1. The highest BCUT2D eigenvalue weighted by Crippen LogP contribution is 2.18. The highest BCUT2D eigenvalue weighted by atomic mass is 16.5. The predicted molar refractivity (Wildman–Crippen MR) is 32.1 cm³/mol. The topological polar surface area (TPSA) is 53.1 Å². The summed E-state index contributed by atoms with van der Waals surface area (Å²) in [5.74, 6) is 1.32. The van der Waals surface area contributed by atoms with Crippen molar-refractivity contribution in [3.63, 3.8) is 0 Å². The predicted octanol–water partition coefficient (Wildman–Crippen LogP) is -0.142. The highest BCUT2D eigenvalue weighted by molar-refractivity contribution is 5.33. The number of rotatable bonds is 0. The van der Waals surface area contributed by atoms with E-state index < -0.39 is 0 Å². The number of nitrogens with two attached hydrogens (primary N) is 1. The summed E-state index contributed by atoms with van der Waals surface area (Å²) in [6, 6.07) is 1.73. The summed E-state index contributed by atoms with van der Waals surface area (Å²) in [6.07, 6.45) is 0. The van der Waals surface area contributed by atoms with Gasteiger partial charge in [-0.15, -0.1) is 0 Å². The molecular weight excluding hydrogens is 118 g/mol. The Hall–Kier alpha value is -1.19. The average molecular weight is 125 g/mol. The molecule has 0 aromatic carbocycles. The molecule has 2 rings (SSSR count). The molecule has 0 unspecified atom stereocenters. The van der Waals surface area contributed by atoms with Crippen molar-refractivity contribution in [2.75, 3.05) is 12.3 Å². The number of fused-ring (bicyclic) bond motifs is 1. The normalized spacial score (nSPS) is 15.1. The largest absolute Gasteiger partial charge is 0.476 e. The van der Waals surface area contributed by atoms with Gasteiger partial charge in [0.25, 0.3) is 0 Å². The van der Waals surface area contributed by atoms with Gasteiger partial charge in [0.1, 0.15) is 12.4 Å². The second-order valence-corrected chi connectivity index (χ2v) is 1.98.